The molecular weight excluding hydrogens is 315 g/mol. The molecule has 0 heterocycles. The average Bonchev–Trinajstić information content (AvgIpc) is 2.48. The molecule has 0 aromatic heterocycles. The number of anilines is 1. The first kappa shape index (κ1) is 16.2. The second-order valence-electron chi connectivity index (χ2n) is 4.55. The van der Waals surface area contributed by atoms with E-state index in [4.69, 9.17) is 12.2 Å². The zero-order chi connectivity index (χ0) is 16.3. The number of halogens is 3. The van der Waals surface area contributed by atoms with Gasteiger partial charge in [-0.05, 0) is 30.4 Å². The number of methoxy groups -OCH3 is 1. The molecule has 0 radical (unpaired) electrons. The molecule has 0 fully saturated rings. The lowest BCUT2D eigenvalue weighted by atomic mass is 10.0. The van der Waals surface area contributed by atoms with Crippen LogP contribution < -0.4 is 5.32 Å². The van der Waals surface area contributed by atoms with E-state index in [2.05, 4.69) is 10.1 Å². The number of ether oxygens (including phenoxy) is 1. The van der Waals surface area contributed by atoms with Crippen LogP contribution in [-0.4, -0.2) is 24.0 Å². The Hall–Kier alpha value is -2.15. The second-order valence-corrected chi connectivity index (χ2v) is 5.02. The Bertz CT molecular complexity index is 665. The summed E-state index contributed by atoms with van der Waals surface area (Å²) in [7, 11) is 1.26. The van der Waals surface area contributed by atoms with Crippen molar-refractivity contribution in [1.82, 2.24) is 0 Å². The third-order valence-corrected chi connectivity index (χ3v) is 3.38. The Morgan fingerprint density at radius 1 is 1.36 bits per heavy atom. The molecule has 1 atom stereocenters. The van der Waals surface area contributed by atoms with Crippen molar-refractivity contribution < 1.29 is 22.7 Å². The molecule has 1 N–H and O–H groups in total. The van der Waals surface area contributed by atoms with E-state index < -0.39 is 23.8 Å². The van der Waals surface area contributed by atoms with Crippen molar-refractivity contribution in [2.75, 3.05) is 12.4 Å². The smallest absolute Gasteiger partial charge is 0.416 e. The van der Waals surface area contributed by atoms with Gasteiger partial charge in [0.2, 0.25) is 0 Å². The molecular formula is C15H12F3NO2S. The van der Waals surface area contributed by atoms with E-state index in [9.17, 15) is 18.0 Å². The fourth-order valence-electron chi connectivity index (χ4n) is 1.91. The molecule has 1 aliphatic rings. The van der Waals surface area contributed by atoms with E-state index in [1.807, 2.05) is 0 Å². The van der Waals surface area contributed by atoms with Gasteiger partial charge in [-0.25, -0.2) is 4.79 Å². The van der Waals surface area contributed by atoms with Crippen LogP contribution in [-0.2, 0) is 15.7 Å². The van der Waals surface area contributed by atoms with Crippen LogP contribution in [0.3, 0.4) is 0 Å². The number of carbonyl (C=O) groups excluding carboxylic acids is 1. The number of thiocarbonyl (C=S) groups is 1. The number of esters is 1. The number of rotatable bonds is 3. The van der Waals surface area contributed by atoms with Crippen molar-refractivity contribution >= 4 is 28.7 Å². The van der Waals surface area contributed by atoms with Gasteiger partial charge in [0.15, 0.2) is 0 Å². The van der Waals surface area contributed by atoms with Gasteiger partial charge in [-0.15, -0.1) is 0 Å². The molecule has 3 nitrogen and oxygen atoms in total. The summed E-state index contributed by atoms with van der Waals surface area (Å²) in [6, 6.07) is 4.37. The lowest BCUT2D eigenvalue weighted by Crippen LogP contribution is -2.28. The van der Waals surface area contributed by atoms with Crippen LogP contribution in [0.4, 0.5) is 18.9 Å². The van der Waals surface area contributed by atoms with E-state index in [-0.39, 0.29) is 0 Å². The Balaban J connectivity index is 2.14. The molecule has 0 amide bonds. The maximum atomic E-state index is 12.7. The lowest BCUT2D eigenvalue weighted by molar-refractivity contribution is -0.137. The van der Waals surface area contributed by atoms with Crippen molar-refractivity contribution in [2.24, 2.45) is 0 Å². The van der Waals surface area contributed by atoms with Crippen LogP contribution in [0.25, 0.3) is 0 Å². The van der Waals surface area contributed by atoms with Crippen LogP contribution in [0.2, 0.25) is 0 Å². The molecule has 1 aromatic carbocycles. The second kappa shape index (κ2) is 6.31. The van der Waals surface area contributed by atoms with Crippen LogP contribution in [0.15, 0.2) is 48.1 Å². The topological polar surface area (TPSA) is 38.3 Å². The zero-order valence-corrected chi connectivity index (χ0v) is 12.3. The minimum Gasteiger partial charge on any atom is -0.465 e. The minimum absolute atomic E-state index is 0.293. The van der Waals surface area contributed by atoms with Gasteiger partial charge in [-0.2, -0.15) is 13.2 Å². The number of benzene rings is 1. The Morgan fingerprint density at radius 3 is 2.68 bits per heavy atom. The summed E-state index contributed by atoms with van der Waals surface area (Å²) in [5.41, 5.74) is -0.148. The van der Waals surface area contributed by atoms with Gasteiger partial charge < -0.3 is 10.1 Å². The summed E-state index contributed by atoms with van der Waals surface area (Å²) < 4.78 is 42.6. The number of alkyl halides is 3. The Labute approximate surface area is 130 Å². The third-order valence-electron chi connectivity index (χ3n) is 3.01. The maximum absolute atomic E-state index is 12.7. The molecule has 1 aliphatic carbocycles. The predicted octanol–water partition coefficient (Wildman–Crippen LogP) is 3.53. The highest BCUT2D eigenvalue weighted by molar-refractivity contribution is 7.81. The molecule has 7 heteroatoms. The maximum Gasteiger partial charge on any atom is 0.416 e. The van der Waals surface area contributed by atoms with Crippen molar-refractivity contribution in [3.8, 4) is 0 Å². The molecule has 1 unspecified atom stereocenters. The molecule has 0 saturated heterocycles. The quantitative estimate of drug-likeness (QED) is 0.681. The molecule has 2 rings (SSSR count). The van der Waals surface area contributed by atoms with Gasteiger partial charge in [0.25, 0.3) is 0 Å². The molecule has 0 aliphatic heterocycles. The molecule has 0 spiro atoms. The number of nitrogens with one attached hydrogen (secondary N) is 1. The molecule has 116 valence electrons. The Morgan fingerprint density at radius 2 is 2.09 bits per heavy atom. The van der Waals surface area contributed by atoms with E-state index in [1.54, 1.807) is 6.08 Å². The summed E-state index contributed by atoms with van der Waals surface area (Å²) in [6.45, 7) is 0. The summed E-state index contributed by atoms with van der Waals surface area (Å²) in [6.07, 6.45) is 0.187. The largest absolute Gasteiger partial charge is 0.465 e. The SMILES string of the molecule is COC(=O)C1=CC(=S)C(Nc2cccc(C(F)(F)F)c2)C=C1. The number of carbonyl (C=O) groups is 1. The zero-order valence-electron chi connectivity index (χ0n) is 11.5. The fraction of sp³-hybridized carbons (Fsp3) is 0.200. The van der Waals surface area contributed by atoms with Crippen molar-refractivity contribution in [1.29, 1.82) is 0 Å². The Kier molecular flexibility index (Phi) is 4.65. The molecule has 0 bridgehead atoms. The standard InChI is InChI=1S/C15H12F3NO2S/c1-21-14(20)9-5-6-12(13(22)7-9)19-11-4-2-3-10(8-11)15(16,17)18/h2-8,12,19H,1H3. The summed E-state index contributed by atoms with van der Waals surface area (Å²) in [5, 5.41) is 2.90. The van der Waals surface area contributed by atoms with Crippen molar-refractivity contribution in [3.05, 3.63) is 53.6 Å². The third kappa shape index (κ3) is 3.73. The fourth-order valence-corrected chi connectivity index (χ4v) is 2.18. The van der Waals surface area contributed by atoms with E-state index in [0.29, 0.717) is 16.1 Å². The minimum atomic E-state index is -4.40. The van der Waals surface area contributed by atoms with Gasteiger partial charge in [-0.1, -0.05) is 24.4 Å². The number of hydrogen-bond acceptors (Lipinski definition) is 4. The first-order valence-corrected chi connectivity index (χ1v) is 6.68. The van der Waals surface area contributed by atoms with Crippen molar-refractivity contribution in [3.63, 3.8) is 0 Å². The van der Waals surface area contributed by atoms with Gasteiger partial charge in [0.1, 0.15) is 0 Å². The van der Waals surface area contributed by atoms with Crippen LogP contribution in [0, 0.1) is 0 Å². The van der Waals surface area contributed by atoms with Crippen molar-refractivity contribution in [2.45, 2.75) is 12.2 Å². The van der Waals surface area contributed by atoms with Crippen LogP contribution in [0.1, 0.15) is 5.56 Å². The highest BCUT2D eigenvalue weighted by Gasteiger charge is 2.30. The predicted molar refractivity (Wildman–Crippen MR) is 80.7 cm³/mol. The first-order chi connectivity index (χ1) is 10.3. The van der Waals surface area contributed by atoms with Gasteiger partial charge in [0.05, 0.1) is 24.3 Å². The van der Waals surface area contributed by atoms with Crippen LogP contribution in [0.5, 0.6) is 0 Å². The van der Waals surface area contributed by atoms with Gasteiger partial charge >= 0.3 is 12.1 Å². The van der Waals surface area contributed by atoms with E-state index in [0.717, 1.165) is 12.1 Å². The molecule has 22 heavy (non-hydrogen) atoms. The first-order valence-electron chi connectivity index (χ1n) is 6.27. The molecule has 1 aromatic rings. The normalized spacial score (nSPS) is 17.9. The summed E-state index contributed by atoms with van der Waals surface area (Å²) >= 11 is 5.16. The van der Waals surface area contributed by atoms with E-state index >= 15 is 0 Å². The highest BCUT2D eigenvalue weighted by atomic mass is 32.1. The van der Waals surface area contributed by atoms with E-state index in [1.165, 1.54) is 31.4 Å². The lowest BCUT2D eigenvalue weighted by Gasteiger charge is -2.20. The highest BCUT2D eigenvalue weighted by Crippen LogP contribution is 2.31. The van der Waals surface area contributed by atoms with Gasteiger partial charge in [0, 0.05) is 10.6 Å². The summed E-state index contributed by atoms with van der Waals surface area (Å²) in [5.74, 6) is -0.517. The average molecular weight is 327 g/mol. The monoisotopic (exact) mass is 327 g/mol. The number of hydrogen-bond donors (Lipinski definition) is 1. The summed E-state index contributed by atoms with van der Waals surface area (Å²) in [4.78, 5) is 11.8. The molecule has 0 saturated carbocycles. The van der Waals surface area contributed by atoms with Gasteiger partial charge in [-0.3, -0.25) is 0 Å². The van der Waals surface area contributed by atoms with Crippen LogP contribution >= 0.6 is 12.2 Å².